The molecule has 0 amide bonds. The molecule has 1 aliphatic rings. The fourth-order valence-electron chi connectivity index (χ4n) is 1.39. The van der Waals surface area contributed by atoms with Crippen molar-refractivity contribution in [2.24, 2.45) is 0 Å². The first-order valence-electron chi connectivity index (χ1n) is 4.27. The topological polar surface area (TPSA) is 18.5 Å². The van der Waals surface area contributed by atoms with E-state index in [2.05, 4.69) is 12.1 Å². The molecule has 64 valence electrons. The van der Waals surface area contributed by atoms with Crippen molar-refractivity contribution in [3.05, 3.63) is 35.9 Å². The molecule has 1 saturated heterocycles. The standard InChI is InChI=1S/C10H12O2/c1-2-4-9(5-3-1)8-10-6-7-11-12-10/h1-5,10H,6-8H2. The quantitative estimate of drug-likeness (QED) is 0.622. The summed E-state index contributed by atoms with van der Waals surface area (Å²) in [6, 6.07) is 10.3. The van der Waals surface area contributed by atoms with Crippen LogP contribution < -0.4 is 0 Å². The molecule has 1 fully saturated rings. The smallest absolute Gasteiger partial charge is 0.0993 e. The molecule has 0 radical (unpaired) electrons. The van der Waals surface area contributed by atoms with Gasteiger partial charge in [0.25, 0.3) is 0 Å². The van der Waals surface area contributed by atoms with Gasteiger partial charge in [-0.05, 0) is 5.56 Å². The average Bonchev–Trinajstić information content (AvgIpc) is 2.59. The monoisotopic (exact) mass is 164 g/mol. The van der Waals surface area contributed by atoms with Crippen LogP contribution in [0.2, 0.25) is 0 Å². The fraction of sp³-hybridized carbons (Fsp3) is 0.400. The summed E-state index contributed by atoms with van der Waals surface area (Å²) in [6.45, 7) is 0.734. The molecule has 0 saturated carbocycles. The Morgan fingerprint density at radius 2 is 2.08 bits per heavy atom. The lowest BCUT2D eigenvalue weighted by Crippen LogP contribution is -2.08. The van der Waals surface area contributed by atoms with Crippen LogP contribution in [0.1, 0.15) is 12.0 Å². The molecule has 0 bridgehead atoms. The summed E-state index contributed by atoms with van der Waals surface area (Å²) in [5.74, 6) is 0. The summed E-state index contributed by atoms with van der Waals surface area (Å²) in [6.07, 6.45) is 2.22. The Kier molecular flexibility index (Phi) is 2.39. The van der Waals surface area contributed by atoms with E-state index in [4.69, 9.17) is 9.78 Å². The fourth-order valence-corrected chi connectivity index (χ4v) is 1.39. The molecule has 1 aromatic carbocycles. The summed E-state index contributed by atoms with van der Waals surface area (Å²) in [7, 11) is 0. The molecule has 12 heavy (non-hydrogen) atoms. The third kappa shape index (κ3) is 1.84. The SMILES string of the molecule is c1ccc(CC2CCOO2)cc1. The Labute approximate surface area is 72.0 Å². The Hall–Kier alpha value is -0.860. The van der Waals surface area contributed by atoms with E-state index in [9.17, 15) is 0 Å². The van der Waals surface area contributed by atoms with Crippen molar-refractivity contribution in [3.63, 3.8) is 0 Å². The number of rotatable bonds is 2. The van der Waals surface area contributed by atoms with E-state index in [1.54, 1.807) is 0 Å². The Balaban J connectivity index is 1.94. The second-order valence-corrected chi connectivity index (χ2v) is 3.02. The van der Waals surface area contributed by atoms with Gasteiger partial charge in [0, 0.05) is 12.8 Å². The summed E-state index contributed by atoms with van der Waals surface area (Å²) in [5.41, 5.74) is 1.31. The first kappa shape index (κ1) is 7.77. The summed E-state index contributed by atoms with van der Waals surface area (Å²) < 4.78 is 0. The van der Waals surface area contributed by atoms with Crippen LogP contribution in [0.4, 0.5) is 0 Å². The maximum absolute atomic E-state index is 5.06. The lowest BCUT2D eigenvalue weighted by Gasteiger charge is -2.05. The first-order chi connectivity index (χ1) is 5.95. The van der Waals surface area contributed by atoms with Gasteiger partial charge in [0.05, 0.1) is 12.7 Å². The van der Waals surface area contributed by atoms with Gasteiger partial charge in [0.1, 0.15) is 0 Å². The van der Waals surface area contributed by atoms with Gasteiger partial charge in [-0.1, -0.05) is 30.3 Å². The van der Waals surface area contributed by atoms with Crippen molar-refractivity contribution in [1.82, 2.24) is 0 Å². The third-order valence-electron chi connectivity index (χ3n) is 2.03. The molecular formula is C10H12O2. The third-order valence-corrected chi connectivity index (χ3v) is 2.03. The Bertz CT molecular complexity index is 227. The predicted octanol–water partition coefficient (Wildman–Crippen LogP) is 1.95. The van der Waals surface area contributed by atoms with Crippen LogP contribution >= 0.6 is 0 Å². The van der Waals surface area contributed by atoms with Gasteiger partial charge in [0.15, 0.2) is 0 Å². The minimum atomic E-state index is 0.257. The predicted molar refractivity (Wildman–Crippen MR) is 45.6 cm³/mol. The van der Waals surface area contributed by atoms with Gasteiger partial charge in [-0.15, -0.1) is 0 Å². The van der Waals surface area contributed by atoms with E-state index >= 15 is 0 Å². The van der Waals surface area contributed by atoms with E-state index in [-0.39, 0.29) is 6.10 Å². The van der Waals surface area contributed by atoms with Crippen LogP contribution in [0.15, 0.2) is 30.3 Å². The highest BCUT2D eigenvalue weighted by atomic mass is 17.2. The molecule has 0 N–H and O–H groups in total. The normalized spacial score (nSPS) is 22.8. The average molecular weight is 164 g/mol. The highest BCUT2D eigenvalue weighted by Gasteiger charge is 2.16. The number of hydrogen-bond acceptors (Lipinski definition) is 2. The van der Waals surface area contributed by atoms with Crippen molar-refractivity contribution < 1.29 is 9.78 Å². The highest BCUT2D eigenvalue weighted by Crippen LogP contribution is 2.14. The molecule has 1 heterocycles. The molecule has 0 aliphatic carbocycles. The molecule has 1 aliphatic heterocycles. The summed E-state index contributed by atoms with van der Waals surface area (Å²) >= 11 is 0. The minimum Gasteiger partial charge on any atom is -0.236 e. The summed E-state index contributed by atoms with van der Waals surface area (Å²) in [4.78, 5) is 9.89. The molecular weight excluding hydrogens is 152 g/mol. The molecule has 2 nitrogen and oxygen atoms in total. The first-order valence-corrected chi connectivity index (χ1v) is 4.27. The van der Waals surface area contributed by atoms with E-state index in [1.807, 2.05) is 18.2 Å². The van der Waals surface area contributed by atoms with Gasteiger partial charge in [-0.2, -0.15) is 0 Å². The van der Waals surface area contributed by atoms with E-state index in [0.717, 1.165) is 19.4 Å². The van der Waals surface area contributed by atoms with Crippen molar-refractivity contribution in [3.8, 4) is 0 Å². The largest absolute Gasteiger partial charge is 0.236 e. The molecule has 1 unspecified atom stereocenters. The van der Waals surface area contributed by atoms with Gasteiger partial charge in [0.2, 0.25) is 0 Å². The van der Waals surface area contributed by atoms with Crippen LogP contribution in [0, 0.1) is 0 Å². The van der Waals surface area contributed by atoms with Crippen LogP contribution in [-0.2, 0) is 16.2 Å². The zero-order valence-corrected chi connectivity index (χ0v) is 6.90. The number of benzene rings is 1. The molecule has 1 atom stereocenters. The maximum atomic E-state index is 5.06. The van der Waals surface area contributed by atoms with Crippen molar-refractivity contribution in [2.45, 2.75) is 18.9 Å². The Morgan fingerprint density at radius 3 is 2.75 bits per heavy atom. The second kappa shape index (κ2) is 3.70. The maximum Gasteiger partial charge on any atom is 0.0993 e. The zero-order valence-electron chi connectivity index (χ0n) is 6.90. The van der Waals surface area contributed by atoms with Crippen molar-refractivity contribution >= 4 is 0 Å². The van der Waals surface area contributed by atoms with Crippen LogP contribution in [0.25, 0.3) is 0 Å². The highest BCUT2D eigenvalue weighted by molar-refractivity contribution is 5.15. The lowest BCUT2D eigenvalue weighted by atomic mass is 10.1. The zero-order chi connectivity index (χ0) is 8.23. The minimum absolute atomic E-state index is 0.257. The van der Waals surface area contributed by atoms with Gasteiger partial charge >= 0.3 is 0 Å². The van der Waals surface area contributed by atoms with Crippen LogP contribution in [-0.4, -0.2) is 12.7 Å². The van der Waals surface area contributed by atoms with Gasteiger partial charge in [-0.25, -0.2) is 9.78 Å². The van der Waals surface area contributed by atoms with Crippen molar-refractivity contribution in [1.29, 1.82) is 0 Å². The van der Waals surface area contributed by atoms with E-state index in [1.165, 1.54) is 5.56 Å². The van der Waals surface area contributed by atoms with Crippen molar-refractivity contribution in [2.75, 3.05) is 6.61 Å². The molecule has 1 aromatic rings. The molecule has 0 spiro atoms. The number of hydrogen-bond donors (Lipinski definition) is 0. The molecule has 0 aromatic heterocycles. The Morgan fingerprint density at radius 1 is 1.25 bits per heavy atom. The van der Waals surface area contributed by atoms with Gasteiger partial charge < -0.3 is 0 Å². The van der Waals surface area contributed by atoms with Crippen LogP contribution in [0.3, 0.4) is 0 Å². The van der Waals surface area contributed by atoms with Crippen LogP contribution in [0.5, 0.6) is 0 Å². The second-order valence-electron chi connectivity index (χ2n) is 3.02. The van der Waals surface area contributed by atoms with Gasteiger partial charge in [-0.3, -0.25) is 0 Å². The summed E-state index contributed by atoms with van der Waals surface area (Å²) in [5, 5.41) is 0. The van der Waals surface area contributed by atoms with E-state index in [0.29, 0.717) is 0 Å². The lowest BCUT2D eigenvalue weighted by molar-refractivity contribution is -0.273. The van der Waals surface area contributed by atoms with E-state index < -0.39 is 0 Å². The molecule has 2 heteroatoms. The molecule has 2 rings (SSSR count).